The number of benzene rings is 1. The number of hydrogen-bond donors (Lipinski definition) is 0. The van der Waals surface area contributed by atoms with Gasteiger partial charge in [0.2, 0.25) is 0 Å². The van der Waals surface area contributed by atoms with E-state index in [1.165, 1.54) is 30.5 Å². The molecule has 148 valence electrons. The summed E-state index contributed by atoms with van der Waals surface area (Å²) in [6.07, 6.45) is 5.83. The number of piperidine rings is 1. The van der Waals surface area contributed by atoms with Crippen molar-refractivity contribution >= 4 is 18.2 Å². The highest BCUT2D eigenvalue weighted by atomic mass is 35.5. The van der Waals surface area contributed by atoms with Crippen molar-refractivity contribution in [2.45, 2.75) is 57.4 Å². The number of carbonyl (C=O) groups excluding carboxylic acids is 1. The second kappa shape index (κ2) is 6.77. The Morgan fingerprint density at radius 2 is 2.04 bits per heavy atom. The van der Waals surface area contributed by atoms with Crippen LogP contribution >= 0.6 is 12.4 Å². The molecule has 0 N–H and O–H groups in total. The Hall–Kier alpha value is -1.06. The number of Topliss-reactive ketones (excluding diaryl/α,β-unsaturated/α-hetero) is 1. The van der Waals surface area contributed by atoms with Crippen molar-refractivity contribution in [3.63, 3.8) is 0 Å². The van der Waals surface area contributed by atoms with Gasteiger partial charge >= 0.3 is 0 Å². The standard InChI is InChI=1S/C23H31NO2.ClH/c1-14-15(2)22-20-10-17-6-7-18(26-3)11-19(17)23(22,12-21(14)25)8-9-24(20)13-16-4-5-16;/h6-7,11,14-16,20,22H,4-5,8-10,12-13H2,1-3H3;1H/t14-,15-,20?,22-,23?;/m1./s1. The molecule has 27 heavy (non-hydrogen) atoms. The van der Waals surface area contributed by atoms with Crippen LogP contribution in [0.15, 0.2) is 18.2 Å². The molecule has 5 atom stereocenters. The maximum atomic E-state index is 12.9. The predicted octanol–water partition coefficient (Wildman–Crippen LogP) is 4.26. The average molecular weight is 390 g/mol. The molecule has 2 saturated carbocycles. The van der Waals surface area contributed by atoms with Crippen molar-refractivity contribution in [2.24, 2.45) is 23.7 Å². The minimum atomic E-state index is 0. The summed E-state index contributed by atoms with van der Waals surface area (Å²) in [4.78, 5) is 15.7. The molecule has 1 aliphatic heterocycles. The van der Waals surface area contributed by atoms with Crippen LogP contribution in [0.3, 0.4) is 0 Å². The summed E-state index contributed by atoms with van der Waals surface area (Å²) in [5.41, 5.74) is 2.92. The number of fused-ring (bicyclic) bond motifs is 1. The highest BCUT2D eigenvalue weighted by Gasteiger charge is 2.59. The lowest BCUT2D eigenvalue weighted by atomic mass is 9.47. The smallest absolute Gasteiger partial charge is 0.136 e. The first-order valence-corrected chi connectivity index (χ1v) is 10.5. The summed E-state index contributed by atoms with van der Waals surface area (Å²) < 4.78 is 5.56. The van der Waals surface area contributed by atoms with Gasteiger partial charge in [0.15, 0.2) is 0 Å². The molecule has 1 aromatic rings. The van der Waals surface area contributed by atoms with Crippen molar-refractivity contribution in [3.8, 4) is 5.75 Å². The molecule has 3 nitrogen and oxygen atoms in total. The SMILES string of the molecule is COc1ccc2c(c1)C13CCN(CC4CC4)C(C2)[C@H]1[C@H](C)[C@@H](C)C(=O)C3.Cl. The van der Waals surface area contributed by atoms with Crippen LogP contribution in [0.4, 0.5) is 0 Å². The van der Waals surface area contributed by atoms with Crippen molar-refractivity contribution in [1.82, 2.24) is 4.90 Å². The average Bonchev–Trinajstić information content (AvgIpc) is 3.46. The lowest BCUT2D eigenvalue weighted by Crippen LogP contribution is -2.65. The van der Waals surface area contributed by atoms with E-state index >= 15 is 0 Å². The van der Waals surface area contributed by atoms with Gasteiger partial charge in [-0.1, -0.05) is 19.9 Å². The fraction of sp³-hybridized carbons (Fsp3) is 0.696. The molecule has 0 aromatic heterocycles. The zero-order valence-electron chi connectivity index (χ0n) is 16.7. The molecule has 2 bridgehead atoms. The number of carbonyl (C=O) groups is 1. The first kappa shape index (κ1) is 19.3. The summed E-state index contributed by atoms with van der Waals surface area (Å²) in [7, 11) is 1.75. The molecule has 4 heteroatoms. The van der Waals surface area contributed by atoms with Gasteiger partial charge in [0.05, 0.1) is 7.11 Å². The Labute approximate surface area is 169 Å². The lowest BCUT2D eigenvalue weighted by Gasteiger charge is -2.61. The molecule has 1 saturated heterocycles. The van der Waals surface area contributed by atoms with E-state index in [0.29, 0.717) is 23.7 Å². The van der Waals surface area contributed by atoms with Crippen LogP contribution in [0.1, 0.15) is 50.7 Å². The van der Waals surface area contributed by atoms with Crippen molar-refractivity contribution < 1.29 is 9.53 Å². The molecule has 0 radical (unpaired) electrons. The number of hydrogen-bond acceptors (Lipinski definition) is 3. The summed E-state index contributed by atoms with van der Waals surface area (Å²) in [6, 6.07) is 7.24. The van der Waals surface area contributed by atoms with E-state index in [4.69, 9.17) is 4.74 Å². The fourth-order valence-electron chi connectivity index (χ4n) is 6.48. The highest BCUT2D eigenvalue weighted by Crippen LogP contribution is 2.58. The highest BCUT2D eigenvalue weighted by molar-refractivity contribution is 5.85. The van der Waals surface area contributed by atoms with Gasteiger partial charge in [0.25, 0.3) is 0 Å². The topological polar surface area (TPSA) is 29.5 Å². The number of rotatable bonds is 3. The maximum Gasteiger partial charge on any atom is 0.136 e. The first-order valence-electron chi connectivity index (χ1n) is 10.5. The normalized spacial score (nSPS) is 37.8. The minimum absolute atomic E-state index is 0. The molecule has 1 heterocycles. The number of ketones is 1. The molecular formula is C23H32ClNO2. The van der Waals surface area contributed by atoms with Crippen LogP contribution in [0.2, 0.25) is 0 Å². The summed E-state index contributed by atoms with van der Waals surface area (Å²) in [6.45, 7) is 6.95. The first-order chi connectivity index (χ1) is 12.5. The van der Waals surface area contributed by atoms with E-state index in [1.807, 2.05) is 0 Å². The van der Waals surface area contributed by atoms with Crippen LogP contribution in [0.5, 0.6) is 5.75 Å². The van der Waals surface area contributed by atoms with Crippen molar-refractivity contribution in [3.05, 3.63) is 29.3 Å². The molecule has 0 spiro atoms. The Morgan fingerprint density at radius 1 is 1.26 bits per heavy atom. The van der Waals surface area contributed by atoms with Crippen LogP contribution in [0.25, 0.3) is 0 Å². The minimum Gasteiger partial charge on any atom is -0.497 e. The van der Waals surface area contributed by atoms with E-state index in [9.17, 15) is 4.79 Å². The Balaban J connectivity index is 0.00000180. The monoisotopic (exact) mass is 389 g/mol. The van der Waals surface area contributed by atoms with Gasteiger partial charge in [0.1, 0.15) is 11.5 Å². The molecule has 3 aliphatic carbocycles. The summed E-state index contributed by atoms with van der Waals surface area (Å²) in [5.74, 6) is 3.60. The Kier molecular flexibility index (Phi) is 4.83. The second-order valence-corrected chi connectivity index (χ2v) is 9.46. The van der Waals surface area contributed by atoms with E-state index < -0.39 is 0 Å². The van der Waals surface area contributed by atoms with Gasteiger partial charge in [-0.15, -0.1) is 12.4 Å². The molecule has 0 amide bonds. The van der Waals surface area contributed by atoms with Gasteiger partial charge in [-0.25, -0.2) is 0 Å². The van der Waals surface area contributed by atoms with Crippen LogP contribution in [-0.2, 0) is 16.6 Å². The molecule has 3 fully saturated rings. The number of halogens is 1. The number of likely N-dealkylation sites (tertiary alicyclic amines) is 1. The number of ether oxygens (including phenoxy) is 1. The van der Waals surface area contributed by atoms with Gasteiger partial charge in [0, 0.05) is 30.3 Å². The molecule has 1 aromatic carbocycles. The van der Waals surface area contributed by atoms with Crippen LogP contribution < -0.4 is 4.74 Å². The van der Waals surface area contributed by atoms with Crippen molar-refractivity contribution in [1.29, 1.82) is 0 Å². The van der Waals surface area contributed by atoms with Gasteiger partial charge < -0.3 is 4.74 Å². The summed E-state index contributed by atoms with van der Waals surface area (Å²) >= 11 is 0. The number of nitrogens with zero attached hydrogens (tertiary/aromatic N) is 1. The van der Waals surface area contributed by atoms with E-state index in [1.54, 1.807) is 7.11 Å². The maximum absolute atomic E-state index is 12.9. The zero-order valence-corrected chi connectivity index (χ0v) is 17.6. The van der Waals surface area contributed by atoms with Crippen LogP contribution in [0, 0.1) is 23.7 Å². The van der Waals surface area contributed by atoms with Gasteiger partial charge in [-0.2, -0.15) is 0 Å². The molecule has 4 aliphatic rings. The van der Waals surface area contributed by atoms with Crippen molar-refractivity contribution in [2.75, 3.05) is 20.2 Å². The van der Waals surface area contributed by atoms with E-state index in [2.05, 4.69) is 36.9 Å². The Bertz CT molecular complexity index is 746. The zero-order chi connectivity index (χ0) is 18.1. The number of methoxy groups -OCH3 is 1. The fourth-order valence-corrected chi connectivity index (χ4v) is 6.48. The molecular weight excluding hydrogens is 358 g/mol. The van der Waals surface area contributed by atoms with E-state index in [-0.39, 0.29) is 23.7 Å². The van der Waals surface area contributed by atoms with E-state index in [0.717, 1.165) is 37.5 Å². The summed E-state index contributed by atoms with van der Waals surface area (Å²) in [5, 5.41) is 0. The largest absolute Gasteiger partial charge is 0.497 e. The van der Waals surface area contributed by atoms with Crippen LogP contribution in [-0.4, -0.2) is 36.9 Å². The third-order valence-corrected chi connectivity index (χ3v) is 8.19. The second-order valence-electron chi connectivity index (χ2n) is 9.46. The lowest BCUT2D eigenvalue weighted by molar-refractivity contribution is -0.138. The third-order valence-electron chi connectivity index (χ3n) is 8.19. The third kappa shape index (κ3) is 2.84. The quantitative estimate of drug-likeness (QED) is 0.773. The predicted molar refractivity (Wildman–Crippen MR) is 110 cm³/mol. The van der Waals surface area contributed by atoms with Gasteiger partial charge in [-0.05, 0) is 73.2 Å². The molecule has 5 rings (SSSR count). The van der Waals surface area contributed by atoms with Gasteiger partial charge in [-0.3, -0.25) is 9.69 Å². The Morgan fingerprint density at radius 3 is 2.74 bits per heavy atom. The molecule has 2 unspecified atom stereocenters.